The lowest BCUT2D eigenvalue weighted by atomic mass is 10.0. The van der Waals surface area contributed by atoms with Gasteiger partial charge < -0.3 is 19.7 Å². The Morgan fingerprint density at radius 2 is 1.76 bits per heavy atom. The number of aromatic nitrogens is 2. The molecule has 3 aromatic rings. The van der Waals surface area contributed by atoms with E-state index < -0.39 is 24.5 Å². The van der Waals surface area contributed by atoms with Gasteiger partial charge in [0.2, 0.25) is 5.95 Å². The van der Waals surface area contributed by atoms with Crippen LogP contribution in [0.2, 0.25) is 0 Å². The molecule has 0 spiro atoms. The first-order chi connectivity index (χ1) is 15.9. The van der Waals surface area contributed by atoms with Crippen molar-refractivity contribution in [1.29, 1.82) is 0 Å². The van der Waals surface area contributed by atoms with Crippen LogP contribution >= 0.6 is 11.3 Å². The summed E-state index contributed by atoms with van der Waals surface area (Å²) in [6.07, 6.45) is 3.12. The molecule has 172 valence electrons. The maximum Gasteiger partial charge on any atom is 0.341 e. The number of hydrogen-bond donors (Lipinski definition) is 1. The van der Waals surface area contributed by atoms with Crippen molar-refractivity contribution in [3.05, 3.63) is 59.2 Å². The Bertz CT molecular complexity index is 1120. The van der Waals surface area contributed by atoms with Crippen LogP contribution in [0.3, 0.4) is 0 Å². The number of thiophene rings is 1. The number of aryl methyl sites for hydroxylation is 1. The molecule has 0 saturated heterocycles. The van der Waals surface area contributed by atoms with E-state index in [4.69, 9.17) is 9.47 Å². The third-order valence-corrected chi connectivity index (χ3v) is 5.52. The number of carbonyl (C=O) groups is 3. The molecule has 1 amide bonds. The minimum Gasteiger partial charge on any atom is -0.462 e. The van der Waals surface area contributed by atoms with Gasteiger partial charge in [0, 0.05) is 29.9 Å². The fraction of sp³-hybridized carbons (Fsp3) is 0.261. The van der Waals surface area contributed by atoms with Crippen molar-refractivity contribution in [2.45, 2.75) is 13.8 Å². The highest BCUT2D eigenvalue weighted by molar-refractivity contribution is 7.17. The van der Waals surface area contributed by atoms with Crippen LogP contribution in [0.1, 0.15) is 22.2 Å². The van der Waals surface area contributed by atoms with Crippen molar-refractivity contribution in [2.75, 3.05) is 37.0 Å². The number of esters is 2. The van der Waals surface area contributed by atoms with Crippen LogP contribution in [0.25, 0.3) is 11.1 Å². The summed E-state index contributed by atoms with van der Waals surface area (Å²) in [5, 5.41) is 3.03. The standard InChI is InChI=1S/C23H24N4O5S/c1-4-31-22(30)20-19(16-9-6-5-7-10-16)15(2)33-21(20)26-17(28)14-32-18(29)13-27(3)23-24-11-8-12-25-23/h5-12H,4,13-14H2,1-3H3,(H,26,28). The van der Waals surface area contributed by atoms with Gasteiger partial charge in [-0.05, 0) is 25.5 Å². The summed E-state index contributed by atoms with van der Waals surface area (Å²) in [7, 11) is 1.64. The summed E-state index contributed by atoms with van der Waals surface area (Å²) < 4.78 is 10.3. The number of rotatable bonds is 9. The van der Waals surface area contributed by atoms with Gasteiger partial charge in [-0.25, -0.2) is 14.8 Å². The Hall–Kier alpha value is -3.79. The highest BCUT2D eigenvalue weighted by Crippen LogP contribution is 2.40. The number of carbonyl (C=O) groups excluding carboxylic acids is 3. The van der Waals surface area contributed by atoms with E-state index in [2.05, 4.69) is 15.3 Å². The maximum atomic E-state index is 12.7. The molecule has 0 saturated carbocycles. The third kappa shape index (κ3) is 6.13. The molecule has 0 unspecified atom stereocenters. The number of hydrogen-bond acceptors (Lipinski definition) is 9. The van der Waals surface area contributed by atoms with Gasteiger partial charge >= 0.3 is 11.9 Å². The number of nitrogens with zero attached hydrogens (tertiary/aromatic N) is 3. The number of amides is 1. The molecule has 3 rings (SSSR count). The van der Waals surface area contributed by atoms with Crippen LogP contribution in [-0.4, -0.2) is 54.6 Å². The average Bonchev–Trinajstić information content (AvgIpc) is 3.14. The van der Waals surface area contributed by atoms with Gasteiger partial charge in [0.25, 0.3) is 5.91 Å². The third-order valence-electron chi connectivity index (χ3n) is 4.50. The van der Waals surface area contributed by atoms with E-state index in [1.54, 1.807) is 32.4 Å². The molecule has 1 N–H and O–H groups in total. The molecular formula is C23H24N4O5S. The zero-order chi connectivity index (χ0) is 23.8. The Labute approximate surface area is 195 Å². The smallest absolute Gasteiger partial charge is 0.341 e. The van der Waals surface area contributed by atoms with E-state index >= 15 is 0 Å². The molecule has 33 heavy (non-hydrogen) atoms. The average molecular weight is 469 g/mol. The number of likely N-dealkylation sites (N-methyl/N-ethyl adjacent to an activating group) is 1. The lowest BCUT2D eigenvalue weighted by molar-refractivity contribution is -0.145. The first-order valence-corrected chi connectivity index (χ1v) is 11.0. The van der Waals surface area contributed by atoms with Gasteiger partial charge in [-0.15, -0.1) is 11.3 Å². The molecule has 0 aliphatic rings. The van der Waals surface area contributed by atoms with Crippen molar-refractivity contribution in [3.63, 3.8) is 0 Å². The van der Waals surface area contributed by atoms with E-state index in [0.29, 0.717) is 16.5 Å². The van der Waals surface area contributed by atoms with Crippen molar-refractivity contribution in [1.82, 2.24) is 9.97 Å². The Kier molecular flexibility index (Phi) is 8.09. The molecule has 0 bridgehead atoms. The molecule has 10 heteroatoms. The minimum atomic E-state index is -0.613. The molecule has 0 aliphatic heterocycles. The molecular weight excluding hydrogens is 444 g/mol. The second-order valence-corrected chi connectivity index (χ2v) is 8.16. The van der Waals surface area contributed by atoms with Crippen molar-refractivity contribution in [2.24, 2.45) is 0 Å². The zero-order valence-electron chi connectivity index (χ0n) is 18.5. The van der Waals surface area contributed by atoms with Gasteiger partial charge in [0.1, 0.15) is 17.1 Å². The number of ether oxygens (including phenoxy) is 2. The Morgan fingerprint density at radius 3 is 2.42 bits per heavy atom. The minimum absolute atomic E-state index is 0.123. The number of nitrogens with one attached hydrogen (secondary N) is 1. The molecule has 0 atom stereocenters. The molecule has 9 nitrogen and oxygen atoms in total. The van der Waals surface area contributed by atoms with Crippen LogP contribution in [0.5, 0.6) is 0 Å². The fourth-order valence-corrected chi connectivity index (χ4v) is 4.17. The van der Waals surface area contributed by atoms with Gasteiger partial charge in [-0.2, -0.15) is 0 Å². The van der Waals surface area contributed by atoms with Crippen molar-refractivity contribution >= 4 is 40.1 Å². The summed E-state index contributed by atoms with van der Waals surface area (Å²) in [5.74, 6) is -1.34. The predicted octanol–water partition coefficient (Wildman–Crippen LogP) is 3.31. The number of benzene rings is 1. The Balaban J connectivity index is 1.69. The molecule has 2 aromatic heterocycles. The van der Waals surface area contributed by atoms with Crippen molar-refractivity contribution in [3.8, 4) is 11.1 Å². The molecule has 1 aromatic carbocycles. The van der Waals surface area contributed by atoms with Crippen LogP contribution in [0.4, 0.5) is 10.9 Å². The topological polar surface area (TPSA) is 111 Å². The van der Waals surface area contributed by atoms with Gasteiger partial charge in [0.15, 0.2) is 6.61 Å². The second kappa shape index (κ2) is 11.2. The Morgan fingerprint density at radius 1 is 1.06 bits per heavy atom. The summed E-state index contributed by atoms with van der Waals surface area (Å²) in [5.41, 5.74) is 1.83. The van der Waals surface area contributed by atoms with Gasteiger partial charge in [0.05, 0.1) is 6.61 Å². The molecule has 0 radical (unpaired) electrons. The monoisotopic (exact) mass is 468 g/mol. The number of anilines is 2. The summed E-state index contributed by atoms with van der Waals surface area (Å²) in [4.78, 5) is 47.8. The molecule has 0 fully saturated rings. The lowest BCUT2D eigenvalue weighted by Gasteiger charge is -2.15. The zero-order valence-corrected chi connectivity index (χ0v) is 19.3. The van der Waals surface area contributed by atoms with Crippen LogP contribution < -0.4 is 10.2 Å². The SMILES string of the molecule is CCOC(=O)c1c(NC(=O)COC(=O)CN(C)c2ncccn2)sc(C)c1-c1ccccc1. The van der Waals surface area contributed by atoms with Crippen LogP contribution in [0.15, 0.2) is 48.8 Å². The maximum absolute atomic E-state index is 12.7. The first kappa shape index (κ1) is 23.9. The van der Waals surface area contributed by atoms with E-state index in [1.807, 2.05) is 37.3 Å². The summed E-state index contributed by atoms with van der Waals surface area (Å²) >= 11 is 1.26. The highest BCUT2D eigenvalue weighted by atomic mass is 32.1. The lowest BCUT2D eigenvalue weighted by Crippen LogP contribution is -2.30. The van der Waals surface area contributed by atoms with E-state index in [9.17, 15) is 14.4 Å². The fourth-order valence-electron chi connectivity index (χ4n) is 3.09. The van der Waals surface area contributed by atoms with E-state index in [0.717, 1.165) is 10.4 Å². The quantitative estimate of drug-likeness (QED) is 0.476. The normalized spacial score (nSPS) is 10.4. The van der Waals surface area contributed by atoms with Crippen LogP contribution in [0, 0.1) is 6.92 Å². The van der Waals surface area contributed by atoms with Crippen LogP contribution in [-0.2, 0) is 19.1 Å². The van der Waals surface area contributed by atoms with Gasteiger partial charge in [-0.1, -0.05) is 30.3 Å². The van der Waals surface area contributed by atoms with Gasteiger partial charge in [-0.3, -0.25) is 9.59 Å². The first-order valence-electron chi connectivity index (χ1n) is 10.2. The largest absolute Gasteiger partial charge is 0.462 e. The predicted molar refractivity (Wildman–Crippen MR) is 125 cm³/mol. The second-order valence-electron chi connectivity index (χ2n) is 6.94. The summed E-state index contributed by atoms with van der Waals surface area (Å²) in [6, 6.07) is 11.1. The highest BCUT2D eigenvalue weighted by Gasteiger charge is 2.25. The van der Waals surface area contributed by atoms with E-state index in [1.165, 1.54) is 16.2 Å². The van der Waals surface area contributed by atoms with E-state index in [-0.39, 0.29) is 18.7 Å². The molecule has 0 aliphatic carbocycles. The van der Waals surface area contributed by atoms with Crippen molar-refractivity contribution < 1.29 is 23.9 Å². The summed E-state index contributed by atoms with van der Waals surface area (Å²) in [6.45, 7) is 3.16. The molecule has 2 heterocycles.